The van der Waals surface area contributed by atoms with Gasteiger partial charge in [0.1, 0.15) is 68.1 Å². The summed E-state index contributed by atoms with van der Waals surface area (Å²) in [6.07, 6.45) is -17.3. The molecule has 7 aromatic carbocycles. The van der Waals surface area contributed by atoms with E-state index >= 15 is 4.79 Å². The van der Waals surface area contributed by atoms with Crippen molar-refractivity contribution in [2.24, 2.45) is 5.92 Å². The molecule has 0 radical (unpaired) electrons. The van der Waals surface area contributed by atoms with E-state index in [9.17, 15) is 48.0 Å². The number of carbonyl (C=O) groups excluding carboxylic acids is 5. The smallest absolute Gasteiger partial charge is 0.336 e. The number of amides is 4. The van der Waals surface area contributed by atoms with E-state index in [1.807, 2.05) is 103 Å². The van der Waals surface area contributed by atoms with Crippen molar-refractivity contribution in [1.82, 2.24) is 21.6 Å². The molecule has 0 saturated carbocycles. The lowest BCUT2D eigenvalue weighted by Gasteiger charge is -2.54. The highest BCUT2D eigenvalue weighted by Gasteiger charge is 2.61. The molecular formula is C82H98N4O26P2. The molecule has 2 unspecified atom stereocenters. The maximum atomic E-state index is 15.2. The second-order valence-corrected chi connectivity index (χ2v) is 31.5. The molecule has 32 heteroatoms. The minimum Gasteiger partial charge on any atom is -0.478 e. The van der Waals surface area contributed by atoms with Gasteiger partial charge in [-0.1, -0.05) is 194 Å². The van der Waals surface area contributed by atoms with Crippen LogP contribution in [0.25, 0.3) is 0 Å². The van der Waals surface area contributed by atoms with Crippen LogP contribution < -0.4 is 21.6 Å². The summed E-state index contributed by atoms with van der Waals surface area (Å²) >= 11 is 0. The van der Waals surface area contributed by atoms with Crippen LogP contribution in [-0.4, -0.2) is 189 Å². The molecule has 16 atom stereocenters. The van der Waals surface area contributed by atoms with E-state index in [2.05, 4.69) is 21.6 Å². The summed E-state index contributed by atoms with van der Waals surface area (Å²) in [5, 5.41) is 15.3. The first kappa shape index (κ1) is 87.6. The molecule has 0 spiro atoms. The maximum Gasteiger partial charge on any atom is 0.336 e. The van der Waals surface area contributed by atoms with Gasteiger partial charge in [0.25, 0.3) is 5.91 Å². The van der Waals surface area contributed by atoms with Gasteiger partial charge in [0.05, 0.1) is 101 Å². The molecule has 7 aromatic rings. The van der Waals surface area contributed by atoms with Crippen LogP contribution >= 0.6 is 15.2 Å². The molecule has 114 heavy (non-hydrogen) atoms. The molecule has 3 aliphatic rings. The zero-order valence-corrected chi connectivity index (χ0v) is 65.4. The summed E-state index contributed by atoms with van der Waals surface area (Å²) in [6, 6.07) is 60.6. The molecule has 7 N–H and O–H groups in total. The van der Waals surface area contributed by atoms with Crippen molar-refractivity contribution < 1.29 is 124 Å². The van der Waals surface area contributed by atoms with E-state index in [0.717, 1.165) is 25.3 Å². The lowest BCUT2D eigenvalue weighted by Crippen LogP contribution is -2.75. The average Bonchev–Trinajstić information content (AvgIpc) is 0.734. The number of esters is 1. The average molecular weight is 1620 g/mol. The Bertz CT molecular complexity index is 4270. The summed E-state index contributed by atoms with van der Waals surface area (Å²) in [4.78, 5) is 117. The van der Waals surface area contributed by atoms with Crippen LogP contribution in [0.15, 0.2) is 206 Å². The van der Waals surface area contributed by atoms with E-state index in [1.165, 1.54) is 32.0 Å². The van der Waals surface area contributed by atoms with Gasteiger partial charge in [0.15, 0.2) is 6.29 Å². The zero-order chi connectivity index (χ0) is 80.9. The van der Waals surface area contributed by atoms with Crippen LogP contribution in [0, 0.1) is 5.92 Å². The Kier molecular flexibility index (Phi) is 33.6. The third kappa shape index (κ3) is 26.4. The normalized spacial score (nSPS) is 24.5. The number of nitrogens with one attached hydrogen (secondary N) is 4. The lowest BCUT2D eigenvalue weighted by atomic mass is 9.76. The number of hydrogen-bond donors (Lipinski definition) is 7. The highest BCUT2D eigenvalue weighted by Crippen LogP contribution is 2.49. The summed E-state index contributed by atoms with van der Waals surface area (Å²) in [7, 11) is -7.21. The molecule has 30 nitrogen and oxygen atoms in total. The van der Waals surface area contributed by atoms with Crippen molar-refractivity contribution in [3.8, 4) is 0 Å². The topological polar surface area (TPSA) is 384 Å². The first-order valence-corrected chi connectivity index (χ1v) is 40.7. The number of carbonyl (C=O) groups is 6. The van der Waals surface area contributed by atoms with Crippen molar-refractivity contribution in [2.45, 2.75) is 152 Å². The number of hydroxylamine groups is 2. The number of rotatable bonds is 43. The van der Waals surface area contributed by atoms with E-state index in [4.69, 9.17) is 70.8 Å². The lowest BCUT2D eigenvalue weighted by molar-refractivity contribution is -0.279. The first-order valence-electron chi connectivity index (χ1n) is 37.2. The number of carboxylic acid groups (broad SMARTS) is 1. The van der Waals surface area contributed by atoms with Gasteiger partial charge in [-0.15, -0.1) is 0 Å². The Morgan fingerprint density at radius 1 is 0.474 bits per heavy atom. The highest BCUT2D eigenvalue weighted by molar-refractivity contribution is 7.53. The molecule has 3 saturated heterocycles. The molecule has 0 bridgehead atoms. The summed E-state index contributed by atoms with van der Waals surface area (Å²) in [5.74, 6) is -6.24. The van der Waals surface area contributed by atoms with Gasteiger partial charge in [0.2, 0.25) is 17.7 Å². The van der Waals surface area contributed by atoms with Crippen molar-refractivity contribution in [2.75, 3.05) is 59.5 Å². The molecular weight excluding hydrogens is 1520 g/mol. The number of hydrogen-bond acceptors (Lipinski definition) is 23. The molecule has 612 valence electrons. The quantitative estimate of drug-likeness (QED) is 0.00811. The molecule has 3 aliphatic heterocycles. The second kappa shape index (κ2) is 43.8. The minimum atomic E-state index is -4.66. The third-order valence-electron chi connectivity index (χ3n) is 19.3. The zero-order valence-electron chi connectivity index (χ0n) is 63.6. The number of carboxylic acids is 1. The van der Waals surface area contributed by atoms with Gasteiger partial charge in [0, 0.05) is 53.4 Å². The van der Waals surface area contributed by atoms with Crippen LogP contribution in [0.5, 0.6) is 0 Å². The van der Waals surface area contributed by atoms with Crippen LogP contribution in [0.3, 0.4) is 0 Å². The Labute approximate surface area is 660 Å². The predicted octanol–water partition coefficient (Wildman–Crippen LogP) is 8.89. The fourth-order valence-corrected chi connectivity index (χ4v) is 15.8. The molecule has 10 rings (SSSR count). The molecule has 0 aromatic heterocycles. The van der Waals surface area contributed by atoms with E-state index < -0.39 is 174 Å². The number of aromatic carboxylic acids is 1. The Morgan fingerprint density at radius 3 is 1.39 bits per heavy atom. The second-order valence-electron chi connectivity index (χ2n) is 27.5. The Hall–Kier alpha value is -8.82. The van der Waals surface area contributed by atoms with Gasteiger partial charge >= 0.3 is 27.1 Å². The Balaban J connectivity index is 0.931. The summed E-state index contributed by atoms with van der Waals surface area (Å²) in [6.45, 7) is 0.554. The standard InChI is InChI=1S/C82H98N4O26P2/c1-55(87)84-82(71(54-114(96,97)99-4)111-67(50-101-56(2)88)78(106-48-61-33-19-9-20-34-61)79(82)107-49-62-35-21-10-22-36-62)43-73(90)86-109-52-69-77(105-47-60-31-17-8-18-32-60)75(103-45-58-27-13-6-14-28-58)65(70(110-69)53-113(94,95)98-3)41-72(89)85-108-51-68-76(104-46-59-29-15-7-16-30-59)66(102-44-57-25-11-5-12-26-57)42-74(112-68)100-40-39-83-80(91)63-37-23-24-38-64(63)81(92)93/h5-38,65-71,74-79H,39-54H2,1-4H3,(H,83,91)(H,84,87)(H,85,89)(H,86,90)(H,92,93)(H,94,95)(H,96,97)/t65-,66+,67+,68+,69+,70+,71+,74-,75+,76-,77+,78+,79-,82-/m0/s1. The van der Waals surface area contributed by atoms with Crippen molar-refractivity contribution in [1.29, 1.82) is 0 Å². The van der Waals surface area contributed by atoms with Gasteiger partial charge in [-0.05, 0) is 45.5 Å². The van der Waals surface area contributed by atoms with Crippen LogP contribution in [-0.2, 0) is 139 Å². The monoisotopic (exact) mass is 1620 g/mol. The van der Waals surface area contributed by atoms with Crippen molar-refractivity contribution in [3.63, 3.8) is 0 Å². The van der Waals surface area contributed by atoms with E-state index in [1.54, 1.807) is 84.9 Å². The van der Waals surface area contributed by atoms with E-state index in [0.29, 0.717) is 22.3 Å². The van der Waals surface area contributed by atoms with Crippen LogP contribution in [0.4, 0.5) is 0 Å². The summed E-state index contributed by atoms with van der Waals surface area (Å²) in [5.41, 5.74) is 7.05. The van der Waals surface area contributed by atoms with Crippen molar-refractivity contribution in [3.05, 3.63) is 251 Å². The molecule has 4 amide bonds. The predicted molar refractivity (Wildman–Crippen MR) is 410 cm³/mol. The maximum absolute atomic E-state index is 15.2. The minimum absolute atomic E-state index is 0.0382. The fraction of sp³-hybridized carbons (Fsp3) is 0.415. The largest absolute Gasteiger partial charge is 0.478 e. The third-order valence-corrected chi connectivity index (χ3v) is 22.1. The SMILES string of the molecule is COP(=O)(O)C[C@H]1O[C@H](CONC(=O)C[C@]2(NC(C)=O)[C@@H](CP(=O)(O)OC)O[C@H](COC(C)=O)[C@@H](OCc3ccccc3)[C@@H]2OCc2ccccc2)[C@@H](OCc2ccccc2)[C@H](OCc2ccccc2)[C@H]1CC(=O)NOC[C@H]1O[C@H](OCCNC(=O)c2ccccc2C(=O)O)C[C@@H](OCc2ccccc2)[C@@H]1OCc1ccccc1. The van der Waals surface area contributed by atoms with Gasteiger partial charge in [-0.3, -0.25) is 42.8 Å². The Morgan fingerprint density at radius 2 is 0.904 bits per heavy atom. The van der Waals surface area contributed by atoms with Crippen LogP contribution in [0.1, 0.15) is 87.2 Å². The van der Waals surface area contributed by atoms with Gasteiger partial charge < -0.3 is 86.7 Å². The number of benzene rings is 7. The van der Waals surface area contributed by atoms with Gasteiger partial charge in [-0.25, -0.2) is 15.8 Å². The first-order chi connectivity index (χ1) is 55.1. The molecule has 3 heterocycles. The fourth-order valence-electron chi connectivity index (χ4n) is 13.8. The van der Waals surface area contributed by atoms with E-state index in [-0.39, 0.29) is 76.9 Å². The summed E-state index contributed by atoms with van der Waals surface area (Å²) < 4.78 is 111. The van der Waals surface area contributed by atoms with Crippen molar-refractivity contribution >= 4 is 50.8 Å². The van der Waals surface area contributed by atoms with Crippen LogP contribution in [0.2, 0.25) is 0 Å². The van der Waals surface area contributed by atoms with Gasteiger partial charge in [-0.2, -0.15) is 0 Å². The number of ether oxygens (including phenoxy) is 11. The molecule has 0 aliphatic carbocycles. The highest BCUT2D eigenvalue weighted by atomic mass is 31.2. The molecule has 3 fully saturated rings.